The Balaban J connectivity index is 3.17. The van der Waals surface area contributed by atoms with Gasteiger partial charge in [-0.15, -0.1) is 0 Å². The first-order valence-corrected chi connectivity index (χ1v) is 3.39. The second-order valence-electron chi connectivity index (χ2n) is 0.749. The van der Waals surface area contributed by atoms with Crippen LogP contribution in [0.1, 0.15) is 0 Å². The van der Waals surface area contributed by atoms with Crippen molar-refractivity contribution in [2.75, 3.05) is 5.33 Å². The molecule has 0 fully saturated rings. The minimum Gasteiger partial charge on any atom is -0.194 e. The van der Waals surface area contributed by atoms with E-state index in [-0.39, 0.29) is 5.33 Å². The van der Waals surface area contributed by atoms with Gasteiger partial charge in [0.2, 0.25) is 0 Å². The monoisotopic (exact) mass is 270 g/mol. The average Bonchev–Trinajstić information content (AvgIpc) is 1.35. The second kappa shape index (κ2) is 2.40. The van der Waals surface area contributed by atoms with Crippen LogP contribution in [0.2, 0.25) is 0 Å². The Morgan fingerprint density at radius 3 is 1.83 bits per heavy atom. The van der Waals surface area contributed by atoms with Crippen molar-refractivity contribution in [3.05, 3.63) is 0 Å². The molecule has 0 aliphatic rings. The highest BCUT2D eigenvalue weighted by Crippen LogP contribution is 2.23. The predicted octanol–water partition coefficient (Wildman–Crippen LogP) is 2.41. The maximum absolute atomic E-state index is 11.4. The molecule has 38 valence electrons. The van der Waals surface area contributed by atoms with Crippen LogP contribution in [0.25, 0.3) is 0 Å². The molecule has 0 aromatic heterocycles. The molecule has 0 saturated heterocycles. The van der Waals surface area contributed by atoms with Gasteiger partial charge < -0.3 is 0 Å². The first-order chi connectivity index (χ1) is 2.56. The van der Waals surface area contributed by atoms with Crippen molar-refractivity contribution in [2.45, 2.75) is 3.93 Å². The van der Waals surface area contributed by atoms with Gasteiger partial charge in [-0.25, -0.2) is 0 Å². The Morgan fingerprint density at radius 1 is 1.67 bits per heavy atom. The first-order valence-electron chi connectivity index (χ1n) is 1.19. The Kier molecular flexibility index (Phi) is 2.82. The lowest BCUT2D eigenvalue weighted by molar-refractivity contribution is 0.157. The van der Waals surface area contributed by atoms with Crippen molar-refractivity contribution in [1.29, 1.82) is 0 Å². The number of alkyl halides is 4. The van der Waals surface area contributed by atoms with Crippen LogP contribution >= 0.6 is 38.5 Å². The summed E-state index contributed by atoms with van der Waals surface area (Å²) in [6, 6.07) is 0. The molecule has 0 aliphatic carbocycles. The van der Waals surface area contributed by atoms with E-state index >= 15 is 0 Å². The molecule has 6 heavy (non-hydrogen) atoms. The van der Waals surface area contributed by atoms with Crippen molar-refractivity contribution in [1.82, 2.24) is 0 Å². The van der Waals surface area contributed by atoms with Crippen LogP contribution < -0.4 is 0 Å². The Bertz CT molecular complexity index is 41.3. The van der Waals surface area contributed by atoms with Crippen molar-refractivity contribution in [3.8, 4) is 0 Å². The minimum atomic E-state index is -2.57. The highest BCUT2D eigenvalue weighted by Gasteiger charge is 2.20. The molecular formula is C2H2BrF2I. The Labute approximate surface area is 56.6 Å². The zero-order valence-electron chi connectivity index (χ0n) is 2.72. The summed E-state index contributed by atoms with van der Waals surface area (Å²) in [6.45, 7) is 0. The normalized spacial score (nSPS) is 12.0. The van der Waals surface area contributed by atoms with Gasteiger partial charge in [0.1, 0.15) is 0 Å². The van der Waals surface area contributed by atoms with Gasteiger partial charge in [-0.2, -0.15) is 8.78 Å². The second-order valence-corrected chi connectivity index (χ2v) is 2.89. The van der Waals surface area contributed by atoms with E-state index in [1.165, 1.54) is 0 Å². The van der Waals surface area contributed by atoms with E-state index in [9.17, 15) is 8.78 Å². The van der Waals surface area contributed by atoms with E-state index in [0.717, 1.165) is 22.6 Å². The van der Waals surface area contributed by atoms with Crippen molar-refractivity contribution < 1.29 is 8.78 Å². The largest absolute Gasteiger partial charge is 0.306 e. The van der Waals surface area contributed by atoms with Crippen molar-refractivity contribution in [2.24, 2.45) is 0 Å². The summed E-state index contributed by atoms with van der Waals surface area (Å²) in [5, 5.41) is -0.263. The smallest absolute Gasteiger partial charge is 0.194 e. The zero-order valence-corrected chi connectivity index (χ0v) is 6.46. The average molecular weight is 271 g/mol. The summed E-state index contributed by atoms with van der Waals surface area (Å²) in [6.07, 6.45) is 0. The van der Waals surface area contributed by atoms with Gasteiger partial charge in [0.05, 0.1) is 5.33 Å². The minimum absolute atomic E-state index is 0.263. The molecule has 4 heteroatoms. The van der Waals surface area contributed by atoms with Gasteiger partial charge in [-0.05, 0) is 22.6 Å². The fraction of sp³-hybridized carbons (Fsp3) is 1.00. The van der Waals surface area contributed by atoms with Crippen LogP contribution in [0.15, 0.2) is 0 Å². The molecule has 0 aromatic rings. The van der Waals surface area contributed by atoms with Crippen LogP contribution in [0.4, 0.5) is 8.78 Å². The quantitative estimate of drug-likeness (QED) is 0.507. The van der Waals surface area contributed by atoms with Crippen LogP contribution in [-0.4, -0.2) is 9.26 Å². The highest BCUT2D eigenvalue weighted by molar-refractivity contribution is 14.1. The molecule has 0 unspecified atom stereocenters. The van der Waals surface area contributed by atoms with Gasteiger partial charge in [-0.3, -0.25) is 0 Å². The van der Waals surface area contributed by atoms with Gasteiger partial charge in [0, 0.05) is 0 Å². The summed E-state index contributed by atoms with van der Waals surface area (Å²) in [7, 11) is 0. The number of halogens is 4. The zero-order chi connectivity index (χ0) is 5.21. The fourth-order valence-electron chi connectivity index (χ4n) is 0. The van der Waals surface area contributed by atoms with E-state index in [1.807, 2.05) is 0 Å². The maximum Gasteiger partial charge on any atom is 0.306 e. The fourth-order valence-corrected chi connectivity index (χ4v) is 0. The first kappa shape index (κ1) is 7.07. The van der Waals surface area contributed by atoms with Gasteiger partial charge in [0.15, 0.2) is 0 Å². The molecule has 0 rings (SSSR count). The molecule has 0 aromatic carbocycles. The molecule has 0 aliphatic heterocycles. The van der Waals surface area contributed by atoms with E-state index in [4.69, 9.17) is 0 Å². The molecule has 0 atom stereocenters. The summed E-state index contributed by atoms with van der Waals surface area (Å²) >= 11 is 3.67. The lowest BCUT2D eigenvalue weighted by Gasteiger charge is -1.98. The Morgan fingerprint density at radius 2 is 1.83 bits per heavy atom. The highest BCUT2D eigenvalue weighted by atomic mass is 127. The maximum atomic E-state index is 11.4. The summed E-state index contributed by atoms with van der Waals surface area (Å²) in [4.78, 5) is 0. The molecular weight excluding hydrogens is 269 g/mol. The molecule has 0 spiro atoms. The molecule has 0 amide bonds. The Hall–Kier alpha value is 1.07. The van der Waals surface area contributed by atoms with E-state index in [2.05, 4.69) is 15.9 Å². The molecule has 0 bridgehead atoms. The molecule has 0 nitrogen and oxygen atoms in total. The molecule has 0 radical (unpaired) electrons. The summed E-state index contributed by atoms with van der Waals surface area (Å²) in [5.41, 5.74) is 0. The van der Waals surface area contributed by atoms with Crippen molar-refractivity contribution in [3.63, 3.8) is 0 Å². The van der Waals surface area contributed by atoms with Crippen LogP contribution in [0, 0.1) is 0 Å². The third-order valence-corrected chi connectivity index (χ3v) is 2.29. The molecule has 0 N–H and O–H groups in total. The number of hydrogen-bond acceptors (Lipinski definition) is 0. The predicted molar refractivity (Wildman–Crippen MR) is 32.8 cm³/mol. The van der Waals surface area contributed by atoms with E-state index < -0.39 is 3.93 Å². The summed E-state index contributed by atoms with van der Waals surface area (Å²) in [5.74, 6) is 0. The lowest BCUT2D eigenvalue weighted by Crippen LogP contribution is -2.03. The van der Waals surface area contributed by atoms with Crippen molar-refractivity contribution >= 4 is 38.5 Å². The SMILES string of the molecule is FC(F)(I)CBr. The molecule has 0 heterocycles. The van der Waals surface area contributed by atoms with Gasteiger partial charge in [0.25, 0.3) is 0 Å². The summed E-state index contributed by atoms with van der Waals surface area (Å²) < 4.78 is 20.2. The third-order valence-electron chi connectivity index (χ3n) is 0.152. The van der Waals surface area contributed by atoms with Crippen LogP contribution in [0.3, 0.4) is 0 Å². The lowest BCUT2D eigenvalue weighted by atomic mass is 10.9. The number of hydrogen-bond donors (Lipinski definition) is 0. The third kappa shape index (κ3) is 5.07. The standard InChI is InChI=1S/C2H2BrF2I/c3-1-2(4,5)6/h1H2. The molecule has 0 saturated carbocycles. The van der Waals surface area contributed by atoms with E-state index in [0.29, 0.717) is 0 Å². The van der Waals surface area contributed by atoms with Crippen LogP contribution in [0.5, 0.6) is 0 Å². The topological polar surface area (TPSA) is 0 Å². The van der Waals surface area contributed by atoms with E-state index in [1.54, 1.807) is 0 Å². The van der Waals surface area contributed by atoms with Crippen LogP contribution in [-0.2, 0) is 0 Å². The number of rotatable bonds is 1. The van der Waals surface area contributed by atoms with Gasteiger partial charge in [-0.1, -0.05) is 15.9 Å². The van der Waals surface area contributed by atoms with Gasteiger partial charge >= 0.3 is 3.93 Å².